The van der Waals surface area contributed by atoms with Gasteiger partial charge in [-0.25, -0.2) is 0 Å². The van der Waals surface area contributed by atoms with Gasteiger partial charge in [0.1, 0.15) is 34.8 Å². The first-order valence-corrected chi connectivity index (χ1v) is 12.8. The monoisotopic (exact) mass is 529 g/mol. The minimum Gasteiger partial charge on any atom is -0.497 e. The van der Waals surface area contributed by atoms with Gasteiger partial charge in [0.15, 0.2) is 0 Å². The molecule has 38 heavy (non-hydrogen) atoms. The van der Waals surface area contributed by atoms with E-state index < -0.39 is 35.2 Å². The Morgan fingerprint density at radius 3 is 1.32 bits per heavy atom. The van der Waals surface area contributed by atoms with Crippen LogP contribution in [0.25, 0.3) is 0 Å². The first-order chi connectivity index (χ1) is 17.8. The summed E-state index contributed by atoms with van der Waals surface area (Å²) in [6.07, 6.45) is 0.529. The van der Waals surface area contributed by atoms with Gasteiger partial charge in [0.05, 0.1) is 20.8 Å². The van der Waals surface area contributed by atoms with E-state index in [2.05, 4.69) is 0 Å². The van der Waals surface area contributed by atoms with Gasteiger partial charge in [0, 0.05) is 6.54 Å². The van der Waals surface area contributed by atoms with Gasteiger partial charge in [0.2, 0.25) is 0 Å². The van der Waals surface area contributed by atoms with Crippen molar-refractivity contribution in [1.82, 2.24) is 4.90 Å². The molecule has 0 heterocycles. The van der Waals surface area contributed by atoms with Gasteiger partial charge >= 0.3 is 11.9 Å². The van der Waals surface area contributed by atoms with Crippen LogP contribution in [-0.4, -0.2) is 72.6 Å². The van der Waals surface area contributed by atoms with E-state index in [1.54, 1.807) is 60.7 Å². The Bertz CT molecular complexity index is 939. The molecule has 0 aliphatic rings. The Kier molecular flexibility index (Phi) is 11.2. The molecule has 0 saturated heterocycles. The molecule has 2 atom stereocenters. The summed E-state index contributed by atoms with van der Waals surface area (Å²) in [5, 5.41) is 10.1. The third-order valence-corrected chi connectivity index (χ3v) is 5.69. The summed E-state index contributed by atoms with van der Waals surface area (Å²) in [7, 11) is 3.18. The van der Waals surface area contributed by atoms with E-state index in [9.17, 15) is 14.7 Å². The Balaban J connectivity index is 2.55. The van der Waals surface area contributed by atoms with Crippen LogP contribution in [0.4, 0.5) is 0 Å². The van der Waals surface area contributed by atoms with Crippen molar-refractivity contribution in [2.75, 3.05) is 27.4 Å². The molecule has 210 valence electrons. The van der Waals surface area contributed by atoms with Crippen molar-refractivity contribution in [2.24, 2.45) is 0 Å². The van der Waals surface area contributed by atoms with E-state index in [-0.39, 0.29) is 26.0 Å². The van der Waals surface area contributed by atoms with E-state index in [1.165, 1.54) is 0 Å². The predicted octanol–water partition coefficient (Wildman–Crippen LogP) is 4.20. The van der Waals surface area contributed by atoms with Gasteiger partial charge < -0.3 is 24.1 Å². The number of rotatable bonds is 12. The fourth-order valence-corrected chi connectivity index (χ4v) is 4.03. The predicted molar refractivity (Wildman–Crippen MR) is 146 cm³/mol. The summed E-state index contributed by atoms with van der Waals surface area (Å²) in [5.74, 6) is 0.428. The third kappa shape index (κ3) is 9.99. The summed E-state index contributed by atoms with van der Waals surface area (Å²) in [6, 6.07) is 13.1. The molecule has 2 unspecified atom stereocenters. The molecule has 2 aromatic rings. The lowest BCUT2D eigenvalue weighted by molar-refractivity contribution is -0.169. The van der Waals surface area contributed by atoms with Crippen LogP contribution in [0.2, 0.25) is 0 Å². The number of aliphatic hydroxyl groups is 1. The van der Waals surface area contributed by atoms with Crippen LogP contribution < -0.4 is 9.47 Å². The van der Waals surface area contributed by atoms with Crippen molar-refractivity contribution in [2.45, 2.75) is 77.7 Å². The van der Waals surface area contributed by atoms with Gasteiger partial charge in [-0.15, -0.1) is 0 Å². The van der Waals surface area contributed by atoms with Gasteiger partial charge in [-0.05, 0) is 89.8 Å². The maximum Gasteiger partial charge on any atom is 0.324 e. The third-order valence-electron chi connectivity index (χ3n) is 5.69. The highest BCUT2D eigenvalue weighted by Gasteiger charge is 2.39. The van der Waals surface area contributed by atoms with Crippen LogP contribution in [0.15, 0.2) is 48.5 Å². The van der Waals surface area contributed by atoms with Crippen LogP contribution in [0.3, 0.4) is 0 Å². The summed E-state index contributed by atoms with van der Waals surface area (Å²) < 4.78 is 22.1. The number of ether oxygens (including phenoxy) is 4. The van der Waals surface area contributed by atoms with Gasteiger partial charge in [-0.3, -0.25) is 14.5 Å². The summed E-state index contributed by atoms with van der Waals surface area (Å²) in [6.45, 7) is 10.6. The van der Waals surface area contributed by atoms with Gasteiger partial charge in [-0.1, -0.05) is 24.3 Å². The lowest BCUT2D eigenvalue weighted by Crippen LogP contribution is -2.55. The number of aliphatic hydroxyl groups excluding tert-OH is 1. The fourth-order valence-electron chi connectivity index (χ4n) is 4.03. The SMILES string of the molecule is COc1ccc(CC(C(=O)OC(C)(C)C)N(CCO)C(Cc2ccc(OC)cc2)C(=O)OC(C)(C)C)cc1. The lowest BCUT2D eigenvalue weighted by atomic mass is 9.98. The van der Waals surface area contributed by atoms with E-state index in [1.807, 2.05) is 48.5 Å². The van der Waals surface area contributed by atoms with E-state index >= 15 is 0 Å². The molecule has 0 saturated carbocycles. The van der Waals surface area contributed by atoms with Crippen LogP contribution in [0, 0.1) is 0 Å². The molecule has 2 rings (SSSR count). The van der Waals surface area contributed by atoms with Crippen LogP contribution in [0.1, 0.15) is 52.7 Å². The number of hydrogen-bond donors (Lipinski definition) is 1. The minimum atomic E-state index is -0.856. The molecule has 0 aliphatic carbocycles. The first-order valence-electron chi connectivity index (χ1n) is 12.8. The largest absolute Gasteiger partial charge is 0.497 e. The first kappa shape index (κ1) is 31.1. The molecule has 0 fully saturated rings. The standard InChI is InChI=1S/C30H43NO7/c1-29(2,3)37-27(33)25(19-21-9-13-23(35-7)14-10-21)31(17-18-32)26(28(34)38-30(4,5)6)20-22-11-15-24(36-8)16-12-22/h9-16,25-26,32H,17-20H2,1-8H3. The van der Waals surface area contributed by atoms with Crippen molar-refractivity contribution in [3.63, 3.8) is 0 Å². The van der Waals surface area contributed by atoms with Crippen molar-refractivity contribution in [3.05, 3.63) is 59.7 Å². The topological polar surface area (TPSA) is 94.5 Å². The molecule has 0 bridgehead atoms. The second-order valence-corrected chi connectivity index (χ2v) is 11.2. The second-order valence-electron chi connectivity index (χ2n) is 11.2. The van der Waals surface area contributed by atoms with Crippen LogP contribution >= 0.6 is 0 Å². The zero-order chi connectivity index (χ0) is 28.5. The number of methoxy groups -OCH3 is 2. The molecule has 0 aromatic heterocycles. The van der Waals surface area contributed by atoms with Crippen LogP contribution in [0.5, 0.6) is 11.5 Å². The highest BCUT2D eigenvalue weighted by molar-refractivity contribution is 5.80. The number of esters is 2. The smallest absolute Gasteiger partial charge is 0.324 e. The Labute approximate surface area is 226 Å². The van der Waals surface area contributed by atoms with Crippen molar-refractivity contribution < 1.29 is 33.6 Å². The number of hydrogen-bond acceptors (Lipinski definition) is 8. The number of nitrogens with zero attached hydrogens (tertiary/aromatic N) is 1. The quantitative estimate of drug-likeness (QED) is 0.409. The number of benzene rings is 2. The maximum atomic E-state index is 13.6. The summed E-state index contributed by atoms with van der Waals surface area (Å²) in [4.78, 5) is 28.9. The zero-order valence-electron chi connectivity index (χ0n) is 23.9. The molecule has 0 aliphatic heterocycles. The molecule has 0 spiro atoms. The van der Waals surface area contributed by atoms with E-state index in [4.69, 9.17) is 18.9 Å². The maximum absolute atomic E-state index is 13.6. The van der Waals surface area contributed by atoms with Crippen molar-refractivity contribution in [1.29, 1.82) is 0 Å². The summed E-state index contributed by atoms with van der Waals surface area (Å²) in [5.41, 5.74) is 0.240. The highest BCUT2D eigenvalue weighted by atomic mass is 16.6. The molecular weight excluding hydrogens is 486 g/mol. The average Bonchev–Trinajstić information content (AvgIpc) is 2.83. The Morgan fingerprint density at radius 2 is 1.05 bits per heavy atom. The summed E-state index contributed by atoms with van der Waals surface area (Å²) >= 11 is 0. The molecule has 2 aromatic carbocycles. The van der Waals surface area contributed by atoms with Crippen molar-refractivity contribution >= 4 is 11.9 Å². The number of carbonyl (C=O) groups is 2. The lowest BCUT2D eigenvalue weighted by Gasteiger charge is -2.37. The molecule has 8 heteroatoms. The Hall–Kier alpha value is -3.10. The molecule has 1 N–H and O–H groups in total. The Morgan fingerprint density at radius 1 is 0.711 bits per heavy atom. The van der Waals surface area contributed by atoms with E-state index in [0.29, 0.717) is 11.5 Å². The van der Waals surface area contributed by atoms with Crippen LogP contribution in [-0.2, 0) is 31.9 Å². The van der Waals surface area contributed by atoms with Gasteiger partial charge in [-0.2, -0.15) is 0 Å². The molecule has 0 radical (unpaired) electrons. The molecular formula is C30H43NO7. The fraction of sp³-hybridized carbons (Fsp3) is 0.533. The average molecular weight is 530 g/mol. The minimum absolute atomic E-state index is 0.0696. The van der Waals surface area contributed by atoms with Gasteiger partial charge in [0.25, 0.3) is 0 Å². The van der Waals surface area contributed by atoms with Crippen molar-refractivity contribution in [3.8, 4) is 11.5 Å². The molecule has 0 amide bonds. The second kappa shape index (κ2) is 13.6. The molecule has 8 nitrogen and oxygen atoms in total. The number of carbonyl (C=O) groups excluding carboxylic acids is 2. The van der Waals surface area contributed by atoms with E-state index in [0.717, 1.165) is 11.1 Å². The highest BCUT2D eigenvalue weighted by Crippen LogP contribution is 2.24. The normalized spacial score (nSPS) is 13.5. The zero-order valence-corrected chi connectivity index (χ0v) is 23.9.